The molecule has 4 rings (SSSR count). The number of benzene rings is 2. The van der Waals surface area contributed by atoms with Crippen molar-refractivity contribution in [3.05, 3.63) is 66.4 Å². The fourth-order valence-corrected chi connectivity index (χ4v) is 2.98. The van der Waals surface area contributed by atoms with E-state index in [0.717, 1.165) is 23.1 Å². The van der Waals surface area contributed by atoms with Crippen molar-refractivity contribution in [2.75, 3.05) is 13.3 Å². The van der Waals surface area contributed by atoms with Gasteiger partial charge in [0.25, 0.3) is 0 Å². The largest absolute Gasteiger partial charge is 0.484 e. The summed E-state index contributed by atoms with van der Waals surface area (Å²) in [4.78, 5) is 13.9. The van der Waals surface area contributed by atoms with Gasteiger partial charge in [-0.25, -0.2) is 4.79 Å². The predicted molar refractivity (Wildman–Crippen MR) is 89.5 cm³/mol. The monoisotopic (exact) mass is 339 g/mol. The maximum Gasteiger partial charge on any atom is 0.415 e. The molecular formula is C19H17NO5. The van der Waals surface area contributed by atoms with E-state index in [9.17, 15) is 4.79 Å². The SMILES string of the molecule is C=COC(=O)N1Cc2ccccc2OC(c2ccc3c(c2)OCO3)C1. The fraction of sp³-hybridized carbons (Fsp3) is 0.211. The number of para-hydroxylation sites is 1. The third-order valence-corrected chi connectivity index (χ3v) is 4.20. The quantitative estimate of drug-likeness (QED) is 0.782. The molecule has 2 heterocycles. The Hall–Kier alpha value is -3.15. The molecule has 0 saturated heterocycles. The summed E-state index contributed by atoms with van der Waals surface area (Å²) in [5.41, 5.74) is 1.82. The van der Waals surface area contributed by atoms with Gasteiger partial charge in [-0.3, -0.25) is 4.90 Å². The van der Waals surface area contributed by atoms with Crippen LogP contribution in [0, 0.1) is 0 Å². The summed E-state index contributed by atoms with van der Waals surface area (Å²) in [6.45, 7) is 4.42. The van der Waals surface area contributed by atoms with Gasteiger partial charge in [0.2, 0.25) is 6.79 Å². The second-order valence-electron chi connectivity index (χ2n) is 5.76. The molecule has 2 aromatic carbocycles. The summed E-state index contributed by atoms with van der Waals surface area (Å²) in [5, 5.41) is 0. The third kappa shape index (κ3) is 2.98. The Morgan fingerprint density at radius 2 is 2.00 bits per heavy atom. The van der Waals surface area contributed by atoms with Gasteiger partial charge in [-0.1, -0.05) is 30.8 Å². The van der Waals surface area contributed by atoms with Crippen molar-refractivity contribution < 1.29 is 23.7 Å². The number of nitrogens with zero attached hydrogens (tertiary/aromatic N) is 1. The molecule has 0 spiro atoms. The molecule has 0 aromatic heterocycles. The highest BCUT2D eigenvalue weighted by Gasteiger charge is 2.29. The van der Waals surface area contributed by atoms with Gasteiger partial charge < -0.3 is 18.9 Å². The molecule has 2 aliphatic rings. The molecule has 1 unspecified atom stereocenters. The average molecular weight is 339 g/mol. The molecule has 0 radical (unpaired) electrons. The highest BCUT2D eigenvalue weighted by Crippen LogP contribution is 2.37. The molecule has 1 amide bonds. The lowest BCUT2D eigenvalue weighted by atomic mass is 10.1. The second kappa shape index (κ2) is 6.39. The highest BCUT2D eigenvalue weighted by atomic mass is 16.7. The number of ether oxygens (including phenoxy) is 4. The van der Waals surface area contributed by atoms with E-state index in [1.54, 1.807) is 4.90 Å². The van der Waals surface area contributed by atoms with Gasteiger partial charge in [-0.2, -0.15) is 0 Å². The smallest absolute Gasteiger partial charge is 0.415 e. The van der Waals surface area contributed by atoms with Gasteiger partial charge in [0.15, 0.2) is 11.5 Å². The van der Waals surface area contributed by atoms with Crippen molar-refractivity contribution in [2.24, 2.45) is 0 Å². The molecule has 0 fully saturated rings. The molecule has 6 nitrogen and oxygen atoms in total. The third-order valence-electron chi connectivity index (χ3n) is 4.20. The predicted octanol–water partition coefficient (Wildman–Crippen LogP) is 3.63. The number of fused-ring (bicyclic) bond motifs is 2. The number of carbonyl (C=O) groups is 1. The average Bonchev–Trinajstić information content (AvgIpc) is 3.00. The van der Waals surface area contributed by atoms with E-state index in [1.807, 2.05) is 42.5 Å². The maximum atomic E-state index is 12.3. The summed E-state index contributed by atoms with van der Waals surface area (Å²) in [6.07, 6.45) is 0.326. The van der Waals surface area contributed by atoms with Crippen LogP contribution in [0.15, 0.2) is 55.3 Å². The van der Waals surface area contributed by atoms with Crippen molar-refractivity contribution in [2.45, 2.75) is 12.6 Å². The van der Waals surface area contributed by atoms with Gasteiger partial charge in [-0.05, 0) is 23.8 Å². The Balaban J connectivity index is 1.69. The Morgan fingerprint density at radius 1 is 1.16 bits per heavy atom. The van der Waals surface area contributed by atoms with Crippen LogP contribution in [0.2, 0.25) is 0 Å². The van der Waals surface area contributed by atoms with Crippen molar-refractivity contribution in [1.82, 2.24) is 4.90 Å². The Labute approximate surface area is 145 Å². The molecule has 0 bridgehead atoms. The number of rotatable bonds is 2. The van der Waals surface area contributed by atoms with Crippen LogP contribution < -0.4 is 14.2 Å². The first kappa shape index (κ1) is 15.4. The summed E-state index contributed by atoms with van der Waals surface area (Å²) in [7, 11) is 0. The fourth-order valence-electron chi connectivity index (χ4n) is 2.98. The molecule has 0 saturated carbocycles. The van der Waals surface area contributed by atoms with Crippen LogP contribution in [-0.2, 0) is 11.3 Å². The van der Waals surface area contributed by atoms with Gasteiger partial charge in [0, 0.05) is 5.56 Å². The van der Waals surface area contributed by atoms with E-state index in [4.69, 9.17) is 18.9 Å². The summed E-state index contributed by atoms with van der Waals surface area (Å²) in [6, 6.07) is 13.3. The van der Waals surface area contributed by atoms with Crippen molar-refractivity contribution >= 4 is 6.09 Å². The van der Waals surface area contributed by atoms with Crippen LogP contribution in [0.4, 0.5) is 4.79 Å². The summed E-state index contributed by atoms with van der Waals surface area (Å²) in [5.74, 6) is 2.14. The first-order chi connectivity index (χ1) is 12.2. The van der Waals surface area contributed by atoms with Crippen LogP contribution in [0.25, 0.3) is 0 Å². The molecular weight excluding hydrogens is 322 g/mol. The van der Waals surface area contributed by atoms with E-state index in [1.165, 1.54) is 0 Å². The van der Waals surface area contributed by atoms with E-state index in [-0.39, 0.29) is 12.9 Å². The lowest BCUT2D eigenvalue weighted by molar-refractivity contribution is 0.110. The molecule has 2 aliphatic heterocycles. The lowest BCUT2D eigenvalue weighted by Crippen LogP contribution is -2.33. The van der Waals surface area contributed by atoms with E-state index < -0.39 is 6.09 Å². The van der Waals surface area contributed by atoms with Crippen LogP contribution >= 0.6 is 0 Å². The normalized spacial score (nSPS) is 17.9. The molecule has 25 heavy (non-hydrogen) atoms. The van der Waals surface area contributed by atoms with Gasteiger partial charge in [-0.15, -0.1) is 0 Å². The van der Waals surface area contributed by atoms with Gasteiger partial charge >= 0.3 is 6.09 Å². The second-order valence-corrected chi connectivity index (χ2v) is 5.76. The number of hydrogen-bond donors (Lipinski definition) is 0. The number of hydrogen-bond acceptors (Lipinski definition) is 5. The van der Waals surface area contributed by atoms with Crippen molar-refractivity contribution in [1.29, 1.82) is 0 Å². The first-order valence-electron chi connectivity index (χ1n) is 7.95. The number of amides is 1. The van der Waals surface area contributed by atoms with Gasteiger partial charge in [0.05, 0.1) is 19.4 Å². The van der Waals surface area contributed by atoms with Crippen LogP contribution in [-0.4, -0.2) is 24.3 Å². The van der Waals surface area contributed by atoms with Gasteiger partial charge in [0.1, 0.15) is 11.9 Å². The molecule has 128 valence electrons. The Kier molecular flexibility index (Phi) is 3.93. The van der Waals surface area contributed by atoms with E-state index >= 15 is 0 Å². The first-order valence-corrected chi connectivity index (χ1v) is 7.95. The van der Waals surface area contributed by atoms with Crippen molar-refractivity contribution in [3.8, 4) is 17.2 Å². The molecule has 0 N–H and O–H groups in total. The molecule has 2 aromatic rings. The Morgan fingerprint density at radius 3 is 2.88 bits per heavy atom. The van der Waals surface area contributed by atoms with E-state index in [0.29, 0.717) is 24.6 Å². The summed E-state index contributed by atoms with van der Waals surface area (Å²) >= 11 is 0. The maximum absolute atomic E-state index is 12.3. The molecule has 6 heteroatoms. The van der Waals surface area contributed by atoms with Crippen LogP contribution in [0.3, 0.4) is 0 Å². The van der Waals surface area contributed by atoms with Crippen molar-refractivity contribution in [3.63, 3.8) is 0 Å². The zero-order valence-electron chi connectivity index (χ0n) is 13.5. The minimum Gasteiger partial charge on any atom is -0.484 e. The van der Waals surface area contributed by atoms with E-state index in [2.05, 4.69) is 6.58 Å². The van der Waals surface area contributed by atoms with Crippen LogP contribution in [0.5, 0.6) is 17.2 Å². The standard InChI is InChI=1S/C19H17NO5/c1-2-22-19(21)20-10-14-5-3-4-6-15(14)25-18(11-20)13-7-8-16-17(9-13)24-12-23-16/h2-9,18H,1,10-12H2. The minimum absolute atomic E-state index is 0.213. The zero-order valence-corrected chi connectivity index (χ0v) is 13.5. The lowest BCUT2D eigenvalue weighted by Gasteiger charge is -2.23. The van der Waals surface area contributed by atoms with Crippen LogP contribution in [0.1, 0.15) is 17.2 Å². The highest BCUT2D eigenvalue weighted by molar-refractivity contribution is 5.68. The zero-order chi connectivity index (χ0) is 17.2. The Bertz CT molecular complexity index is 819. The molecule has 1 atom stereocenters. The number of carbonyl (C=O) groups excluding carboxylic acids is 1. The topological polar surface area (TPSA) is 57.2 Å². The molecule has 0 aliphatic carbocycles. The summed E-state index contributed by atoms with van der Waals surface area (Å²) < 4.78 is 22.0. The minimum atomic E-state index is -0.457.